The zero-order chi connectivity index (χ0) is 18.5. The SMILES string of the molecule is CC(=O)N1CCCc2cc(-c3cc4n(c(=O)c3)C[C@@H]3CNC[C@H]4C3)ccc21.Cl. The van der Waals surface area contributed by atoms with Crippen LogP contribution in [-0.2, 0) is 17.8 Å². The van der Waals surface area contributed by atoms with Crippen LogP contribution in [0, 0.1) is 5.92 Å². The normalized spacial score (nSPS) is 22.7. The van der Waals surface area contributed by atoms with E-state index in [-0.39, 0.29) is 23.9 Å². The van der Waals surface area contributed by atoms with Crippen molar-refractivity contribution in [2.24, 2.45) is 5.92 Å². The number of rotatable bonds is 1. The molecule has 1 aromatic carbocycles. The lowest BCUT2D eigenvalue weighted by Crippen LogP contribution is -2.44. The molecule has 1 N–H and O–H groups in total. The van der Waals surface area contributed by atoms with Crippen molar-refractivity contribution in [3.05, 3.63) is 51.9 Å². The number of nitrogens with one attached hydrogen (secondary N) is 1. The van der Waals surface area contributed by atoms with E-state index in [1.165, 1.54) is 17.7 Å². The molecule has 4 heterocycles. The van der Waals surface area contributed by atoms with Crippen molar-refractivity contribution in [1.29, 1.82) is 0 Å². The number of pyridine rings is 1. The second-order valence-electron chi connectivity index (χ2n) is 8.19. The molecule has 1 amide bonds. The van der Waals surface area contributed by atoms with Crippen LogP contribution in [0.5, 0.6) is 0 Å². The topological polar surface area (TPSA) is 54.3 Å². The zero-order valence-electron chi connectivity index (χ0n) is 16.1. The quantitative estimate of drug-likeness (QED) is 0.802. The fourth-order valence-corrected chi connectivity index (χ4v) is 5.07. The van der Waals surface area contributed by atoms with Gasteiger partial charge in [-0.2, -0.15) is 0 Å². The Morgan fingerprint density at radius 3 is 2.82 bits per heavy atom. The van der Waals surface area contributed by atoms with E-state index >= 15 is 0 Å². The van der Waals surface area contributed by atoms with Crippen molar-refractivity contribution in [2.75, 3.05) is 24.5 Å². The van der Waals surface area contributed by atoms with Crippen molar-refractivity contribution in [3.63, 3.8) is 0 Å². The van der Waals surface area contributed by atoms with Gasteiger partial charge in [-0.25, -0.2) is 0 Å². The molecule has 6 heteroatoms. The number of nitrogens with zero attached hydrogens (tertiary/aromatic N) is 2. The average molecular weight is 400 g/mol. The van der Waals surface area contributed by atoms with Gasteiger partial charge in [-0.15, -0.1) is 12.4 Å². The van der Waals surface area contributed by atoms with E-state index in [1.54, 1.807) is 13.0 Å². The smallest absolute Gasteiger partial charge is 0.251 e. The highest BCUT2D eigenvalue weighted by Gasteiger charge is 2.31. The second-order valence-corrected chi connectivity index (χ2v) is 8.19. The summed E-state index contributed by atoms with van der Waals surface area (Å²) in [6.45, 7) is 5.21. The Balaban J connectivity index is 0.00000192. The van der Waals surface area contributed by atoms with Gasteiger partial charge in [0, 0.05) is 49.9 Å². The average Bonchev–Trinajstić information content (AvgIpc) is 2.68. The largest absolute Gasteiger partial charge is 0.316 e. The highest BCUT2D eigenvalue weighted by atomic mass is 35.5. The van der Waals surface area contributed by atoms with Gasteiger partial charge < -0.3 is 14.8 Å². The predicted molar refractivity (Wildman–Crippen MR) is 113 cm³/mol. The standard InChI is InChI=1S/C22H25N3O2.ClH/c1-14(26)24-6-2-3-17-8-16(4-5-20(17)24)18-9-21-19-7-15(11-23-12-19)13-25(21)22(27)10-18;/h4-5,8-10,15,19,23H,2-3,6-7,11-13H2,1H3;1H/t15-,19+;/m0./s1. The van der Waals surface area contributed by atoms with Crippen molar-refractivity contribution in [3.8, 4) is 11.1 Å². The number of piperidine rings is 1. The van der Waals surface area contributed by atoms with E-state index in [0.29, 0.717) is 11.8 Å². The molecule has 3 aliphatic rings. The van der Waals surface area contributed by atoms with Crippen molar-refractivity contribution >= 4 is 24.0 Å². The molecule has 0 aliphatic carbocycles. The zero-order valence-corrected chi connectivity index (χ0v) is 16.9. The molecular formula is C22H26ClN3O2. The monoisotopic (exact) mass is 399 g/mol. The van der Waals surface area contributed by atoms with E-state index in [9.17, 15) is 9.59 Å². The summed E-state index contributed by atoms with van der Waals surface area (Å²) in [6.07, 6.45) is 3.14. The van der Waals surface area contributed by atoms with Crippen molar-refractivity contribution in [1.82, 2.24) is 9.88 Å². The minimum Gasteiger partial charge on any atom is -0.316 e. The minimum absolute atomic E-state index is 0. The molecule has 0 unspecified atom stereocenters. The van der Waals surface area contributed by atoms with E-state index in [2.05, 4.69) is 23.5 Å². The number of fused-ring (bicyclic) bond motifs is 5. The summed E-state index contributed by atoms with van der Waals surface area (Å²) in [5.74, 6) is 1.09. The van der Waals surface area contributed by atoms with Gasteiger partial charge >= 0.3 is 0 Å². The van der Waals surface area contributed by atoms with Crippen LogP contribution in [0.3, 0.4) is 0 Å². The Hall–Kier alpha value is -2.11. The number of aromatic nitrogens is 1. The van der Waals surface area contributed by atoms with Gasteiger partial charge in [0.15, 0.2) is 0 Å². The van der Waals surface area contributed by atoms with Crippen molar-refractivity contribution < 1.29 is 4.79 Å². The second kappa shape index (κ2) is 7.37. The highest BCUT2D eigenvalue weighted by molar-refractivity contribution is 5.93. The first kappa shape index (κ1) is 19.2. The lowest BCUT2D eigenvalue weighted by atomic mass is 9.83. The lowest BCUT2D eigenvalue weighted by molar-refractivity contribution is -0.116. The lowest BCUT2D eigenvalue weighted by Gasteiger charge is -2.37. The predicted octanol–water partition coefficient (Wildman–Crippen LogP) is 2.94. The molecule has 1 fully saturated rings. The van der Waals surface area contributed by atoms with Crippen LogP contribution in [0.25, 0.3) is 11.1 Å². The molecule has 0 spiro atoms. The number of hydrogen-bond acceptors (Lipinski definition) is 3. The van der Waals surface area contributed by atoms with Crippen LogP contribution in [0.2, 0.25) is 0 Å². The molecule has 28 heavy (non-hydrogen) atoms. The Kier molecular flexibility index (Phi) is 5.06. The number of benzene rings is 1. The molecule has 0 saturated carbocycles. The van der Waals surface area contributed by atoms with Gasteiger partial charge in [0.25, 0.3) is 5.56 Å². The molecule has 2 bridgehead atoms. The van der Waals surface area contributed by atoms with Crippen LogP contribution >= 0.6 is 12.4 Å². The van der Waals surface area contributed by atoms with Crippen LogP contribution < -0.4 is 15.8 Å². The Labute approximate surface area is 171 Å². The summed E-state index contributed by atoms with van der Waals surface area (Å²) >= 11 is 0. The number of hydrogen-bond donors (Lipinski definition) is 1. The summed E-state index contributed by atoms with van der Waals surface area (Å²) in [7, 11) is 0. The number of amides is 1. The Bertz CT molecular complexity index is 984. The molecular weight excluding hydrogens is 374 g/mol. The first-order valence-electron chi connectivity index (χ1n) is 9.97. The molecule has 5 rings (SSSR count). The first-order valence-corrected chi connectivity index (χ1v) is 9.97. The highest BCUT2D eigenvalue weighted by Crippen LogP contribution is 2.35. The molecule has 2 atom stereocenters. The van der Waals surface area contributed by atoms with E-state index in [0.717, 1.165) is 55.8 Å². The van der Waals surface area contributed by atoms with Gasteiger partial charge in [0.2, 0.25) is 5.91 Å². The number of aryl methyl sites for hydroxylation is 1. The number of carbonyl (C=O) groups is 1. The summed E-state index contributed by atoms with van der Waals surface area (Å²) in [5, 5.41) is 3.51. The van der Waals surface area contributed by atoms with Gasteiger partial charge in [0.1, 0.15) is 0 Å². The van der Waals surface area contributed by atoms with E-state index in [1.807, 2.05) is 15.5 Å². The Morgan fingerprint density at radius 1 is 1.14 bits per heavy atom. The summed E-state index contributed by atoms with van der Waals surface area (Å²) in [6, 6.07) is 10.3. The maximum Gasteiger partial charge on any atom is 0.251 e. The van der Waals surface area contributed by atoms with Crippen LogP contribution in [0.15, 0.2) is 35.1 Å². The maximum absolute atomic E-state index is 12.8. The third-order valence-corrected chi connectivity index (χ3v) is 6.37. The Morgan fingerprint density at radius 2 is 2.00 bits per heavy atom. The third kappa shape index (κ3) is 3.16. The van der Waals surface area contributed by atoms with E-state index < -0.39 is 0 Å². The van der Waals surface area contributed by atoms with E-state index in [4.69, 9.17) is 0 Å². The van der Waals surface area contributed by atoms with Gasteiger partial charge in [-0.05, 0) is 66.6 Å². The minimum atomic E-state index is 0. The number of anilines is 1. The maximum atomic E-state index is 12.8. The third-order valence-electron chi connectivity index (χ3n) is 6.37. The number of halogens is 1. The fourth-order valence-electron chi connectivity index (χ4n) is 5.07. The molecule has 1 saturated heterocycles. The summed E-state index contributed by atoms with van der Waals surface area (Å²) in [5.41, 5.74) is 5.58. The van der Waals surface area contributed by atoms with Crippen LogP contribution in [0.4, 0.5) is 5.69 Å². The fraction of sp³-hybridized carbons (Fsp3) is 0.455. The van der Waals surface area contributed by atoms with Crippen molar-refractivity contribution in [2.45, 2.75) is 38.6 Å². The van der Waals surface area contributed by atoms with Crippen LogP contribution in [-0.4, -0.2) is 30.1 Å². The summed E-state index contributed by atoms with van der Waals surface area (Å²) in [4.78, 5) is 26.6. The number of carbonyl (C=O) groups excluding carboxylic acids is 1. The van der Waals surface area contributed by atoms with Gasteiger partial charge in [0.05, 0.1) is 0 Å². The molecule has 3 aliphatic heterocycles. The molecule has 2 aromatic rings. The molecule has 148 valence electrons. The molecule has 5 nitrogen and oxygen atoms in total. The van der Waals surface area contributed by atoms with Crippen LogP contribution in [0.1, 0.15) is 36.9 Å². The summed E-state index contributed by atoms with van der Waals surface area (Å²) < 4.78 is 1.99. The molecule has 0 radical (unpaired) electrons. The van der Waals surface area contributed by atoms with Gasteiger partial charge in [-0.3, -0.25) is 9.59 Å². The molecule has 1 aromatic heterocycles. The first-order chi connectivity index (χ1) is 13.1. The van der Waals surface area contributed by atoms with Gasteiger partial charge in [-0.1, -0.05) is 6.07 Å².